The lowest BCUT2D eigenvalue weighted by atomic mass is 10.00. The number of nitrogens with two attached hydrogens (primary N) is 1. The molecule has 0 aliphatic heterocycles. The van der Waals surface area contributed by atoms with Gasteiger partial charge in [0, 0.05) is 6.42 Å². The molecule has 4 nitrogen and oxygen atoms in total. The number of anilines is 1. The van der Waals surface area contributed by atoms with Gasteiger partial charge in [0.05, 0.1) is 16.1 Å². The third kappa shape index (κ3) is 2.26. The minimum absolute atomic E-state index is 0.00194. The minimum Gasteiger partial charge on any atom is -0.369 e. The first-order valence-electron chi connectivity index (χ1n) is 5.46. The zero-order chi connectivity index (χ0) is 12.6. The topological polar surface area (TPSA) is 71.8 Å². The molecular formula is C12H14ClN3O. The summed E-state index contributed by atoms with van der Waals surface area (Å²) in [6.07, 6.45) is 0.450. The monoisotopic (exact) mass is 251 g/mol. The number of fused-ring (bicyclic) bond motifs is 1. The largest absolute Gasteiger partial charge is 0.369 e. The second-order valence-corrected chi connectivity index (χ2v) is 4.87. The van der Waals surface area contributed by atoms with Gasteiger partial charge in [-0.15, -0.1) is 0 Å². The molecule has 2 aromatic rings. The number of rotatable bonds is 3. The molecule has 5 heteroatoms. The molecule has 0 saturated carbocycles. The Morgan fingerprint density at radius 2 is 2.24 bits per heavy atom. The van der Waals surface area contributed by atoms with E-state index in [1.165, 1.54) is 0 Å². The Balaban J connectivity index is 2.58. The Labute approximate surface area is 104 Å². The molecule has 0 unspecified atom stereocenters. The molecule has 1 heterocycles. The first kappa shape index (κ1) is 11.9. The van der Waals surface area contributed by atoms with Crippen molar-refractivity contribution in [2.45, 2.75) is 20.3 Å². The summed E-state index contributed by atoms with van der Waals surface area (Å²) in [6.45, 7) is 3.98. The predicted octanol–water partition coefficient (Wildman–Crippen LogP) is 3.03. The molecule has 0 amide bonds. The van der Waals surface area contributed by atoms with E-state index in [0.29, 0.717) is 28.5 Å². The third-order valence-electron chi connectivity index (χ3n) is 2.49. The number of imidazole rings is 1. The Morgan fingerprint density at radius 1 is 1.53 bits per heavy atom. The number of ketones is 1. The summed E-state index contributed by atoms with van der Waals surface area (Å²) in [7, 11) is 0. The molecule has 1 aromatic heterocycles. The summed E-state index contributed by atoms with van der Waals surface area (Å²) in [5.41, 5.74) is 7.34. The number of H-pyrrole nitrogens is 1. The standard InChI is InChI=1S/C12H14ClN3O/c1-6(2)5-9(17)10-7(13)3-4-8-11(10)16-12(14)15-8/h3-4,6H,5H2,1-2H3,(H3,14,15,16). The highest BCUT2D eigenvalue weighted by Crippen LogP contribution is 2.27. The summed E-state index contributed by atoms with van der Waals surface area (Å²) in [5, 5.41) is 0.426. The van der Waals surface area contributed by atoms with Crippen LogP contribution in [0.1, 0.15) is 30.6 Å². The van der Waals surface area contributed by atoms with Crippen LogP contribution in [-0.2, 0) is 0 Å². The van der Waals surface area contributed by atoms with Crippen LogP contribution in [0.4, 0.5) is 5.95 Å². The SMILES string of the molecule is CC(C)CC(=O)c1c(Cl)ccc2[nH]c(N)nc12. The van der Waals surface area contributed by atoms with Gasteiger partial charge in [0.1, 0.15) is 5.52 Å². The molecule has 0 bridgehead atoms. The number of carbonyl (C=O) groups excluding carboxylic acids is 1. The Hall–Kier alpha value is -1.55. The molecule has 0 aliphatic carbocycles. The lowest BCUT2D eigenvalue weighted by Gasteiger charge is -2.06. The van der Waals surface area contributed by atoms with Crippen LogP contribution < -0.4 is 5.73 Å². The van der Waals surface area contributed by atoms with Gasteiger partial charge in [0.25, 0.3) is 0 Å². The number of halogens is 1. The lowest BCUT2D eigenvalue weighted by molar-refractivity contribution is 0.0969. The molecule has 0 spiro atoms. The fourth-order valence-corrected chi connectivity index (χ4v) is 2.07. The maximum Gasteiger partial charge on any atom is 0.198 e. The number of benzene rings is 1. The van der Waals surface area contributed by atoms with Crippen molar-refractivity contribution in [2.24, 2.45) is 5.92 Å². The van der Waals surface area contributed by atoms with Crippen LogP contribution in [-0.4, -0.2) is 15.8 Å². The number of hydrogen-bond donors (Lipinski definition) is 2. The van der Waals surface area contributed by atoms with Crippen molar-refractivity contribution in [3.63, 3.8) is 0 Å². The predicted molar refractivity (Wildman–Crippen MR) is 69.3 cm³/mol. The molecule has 0 radical (unpaired) electrons. The van der Waals surface area contributed by atoms with E-state index in [-0.39, 0.29) is 11.7 Å². The van der Waals surface area contributed by atoms with E-state index < -0.39 is 0 Å². The molecule has 17 heavy (non-hydrogen) atoms. The van der Waals surface area contributed by atoms with Gasteiger partial charge in [-0.2, -0.15) is 0 Å². The summed E-state index contributed by atoms with van der Waals surface area (Å²) in [5.74, 6) is 0.577. The average Bonchev–Trinajstić information content (AvgIpc) is 2.56. The van der Waals surface area contributed by atoms with Crippen LogP contribution in [0.5, 0.6) is 0 Å². The fourth-order valence-electron chi connectivity index (χ4n) is 1.81. The van der Waals surface area contributed by atoms with E-state index >= 15 is 0 Å². The van der Waals surface area contributed by atoms with E-state index in [1.807, 2.05) is 13.8 Å². The number of Topliss-reactive ketones (excluding diaryl/α,β-unsaturated/α-hetero) is 1. The Kier molecular flexibility index (Phi) is 3.07. The van der Waals surface area contributed by atoms with Crippen molar-refractivity contribution >= 4 is 34.4 Å². The summed E-state index contributed by atoms with van der Waals surface area (Å²) in [6, 6.07) is 3.46. The second-order valence-electron chi connectivity index (χ2n) is 4.46. The van der Waals surface area contributed by atoms with Crippen molar-refractivity contribution in [1.82, 2.24) is 9.97 Å². The number of nitrogen functional groups attached to an aromatic ring is 1. The van der Waals surface area contributed by atoms with Crippen LogP contribution >= 0.6 is 11.6 Å². The third-order valence-corrected chi connectivity index (χ3v) is 2.81. The highest BCUT2D eigenvalue weighted by molar-refractivity contribution is 6.35. The number of carbonyl (C=O) groups is 1. The van der Waals surface area contributed by atoms with Gasteiger partial charge in [-0.25, -0.2) is 4.98 Å². The molecule has 1 aromatic carbocycles. The molecule has 0 atom stereocenters. The van der Waals surface area contributed by atoms with Crippen LogP contribution in [0.25, 0.3) is 11.0 Å². The average molecular weight is 252 g/mol. The molecule has 0 aliphatic rings. The van der Waals surface area contributed by atoms with Crippen LogP contribution in [0, 0.1) is 5.92 Å². The van der Waals surface area contributed by atoms with Crippen LogP contribution in [0.2, 0.25) is 5.02 Å². The van der Waals surface area contributed by atoms with Crippen LogP contribution in [0.3, 0.4) is 0 Å². The fraction of sp³-hybridized carbons (Fsp3) is 0.333. The van der Waals surface area contributed by atoms with Crippen molar-refractivity contribution in [2.75, 3.05) is 5.73 Å². The molecule has 90 valence electrons. The quantitative estimate of drug-likeness (QED) is 0.824. The normalized spacial score (nSPS) is 11.3. The first-order valence-corrected chi connectivity index (χ1v) is 5.83. The molecule has 0 saturated heterocycles. The smallest absolute Gasteiger partial charge is 0.198 e. The number of aromatic amines is 1. The van der Waals surface area contributed by atoms with Crippen molar-refractivity contribution in [3.05, 3.63) is 22.7 Å². The highest BCUT2D eigenvalue weighted by Gasteiger charge is 2.18. The van der Waals surface area contributed by atoms with Crippen molar-refractivity contribution < 1.29 is 4.79 Å². The van der Waals surface area contributed by atoms with Crippen molar-refractivity contribution in [3.8, 4) is 0 Å². The second kappa shape index (κ2) is 4.37. The first-order chi connectivity index (χ1) is 7.99. The Morgan fingerprint density at radius 3 is 2.88 bits per heavy atom. The number of nitrogens with zero attached hydrogens (tertiary/aromatic N) is 1. The van der Waals surface area contributed by atoms with Gasteiger partial charge in [-0.05, 0) is 18.1 Å². The molecular weight excluding hydrogens is 238 g/mol. The van der Waals surface area contributed by atoms with E-state index in [2.05, 4.69) is 9.97 Å². The van der Waals surface area contributed by atoms with Gasteiger partial charge >= 0.3 is 0 Å². The summed E-state index contributed by atoms with van der Waals surface area (Å²) < 4.78 is 0. The van der Waals surface area contributed by atoms with E-state index in [0.717, 1.165) is 5.52 Å². The number of aromatic nitrogens is 2. The zero-order valence-electron chi connectivity index (χ0n) is 9.75. The van der Waals surface area contributed by atoms with E-state index in [9.17, 15) is 4.79 Å². The van der Waals surface area contributed by atoms with Gasteiger partial charge in [0.2, 0.25) is 0 Å². The van der Waals surface area contributed by atoms with Crippen LogP contribution in [0.15, 0.2) is 12.1 Å². The Bertz CT molecular complexity index is 574. The van der Waals surface area contributed by atoms with Gasteiger partial charge in [-0.3, -0.25) is 4.79 Å². The zero-order valence-corrected chi connectivity index (χ0v) is 10.5. The van der Waals surface area contributed by atoms with Gasteiger partial charge in [-0.1, -0.05) is 25.4 Å². The van der Waals surface area contributed by atoms with Gasteiger partial charge in [0.15, 0.2) is 11.7 Å². The summed E-state index contributed by atoms with van der Waals surface area (Å²) >= 11 is 6.08. The molecule has 3 N–H and O–H groups in total. The van der Waals surface area contributed by atoms with Crippen molar-refractivity contribution in [1.29, 1.82) is 0 Å². The minimum atomic E-state index is 0.00194. The van der Waals surface area contributed by atoms with Gasteiger partial charge < -0.3 is 10.7 Å². The lowest BCUT2D eigenvalue weighted by Crippen LogP contribution is -2.05. The molecule has 2 rings (SSSR count). The maximum atomic E-state index is 12.1. The number of nitrogens with one attached hydrogen (secondary N) is 1. The van der Waals surface area contributed by atoms with E-state index in [4.69, 9.17) is 17.3 Å². The molecule has 0 fully saturated rings. The van der Waals surface area contributed by atoms with E-state index in [1.54, 1.807) is 12.1 Å². The summed E-state index contributed by atoms with van der Waals surface area (Å²) in [4.78, 5) is 19.1. The number of hydrogen-bond acceptors (Lipinski definition) is 3. The highest BCUT2D eigenvalue weighted by atomic mass is 35.5. The maximum absolute atomic E-state index is 12.1.